The molecule has 0 heterocycles. The average Bonchev–Trinajstić information content (AvgIpc) is 2.39. The summed E-state index contributed by atoms with van der Waals surface area (Å²) in [5.74, 6) is 0.373. The van der Waals surface area contributed by atoms with E-state index < -0.39 is 0 Å². The lowest BCUT2D eigenvalue weighted by molar-refractivity contribution is 0.617. The molecule has 2 aromatic rings. The van der Waals surface area contributed by atoms with Gasteiger partial charge < -0.3 is 11.1 Å². The molecule has 0 aliphatic carbocycles. The molecule has 2 aromatic carbocycles. The molecular formula is C14H13FN2S2. The largest absolute Gasteiger partial charge is 0.376 e. The first kappa shape index (κ1) is 13.8. The van der Waals surface area contributed by atoms with Crippen LogP contribution in [0.5, 0.6) is 0 Å². The summed E-state index contributed by atoms with van der Waals surface area (Å²) in [6.07, 6.45) is 0. The zero-order chi connectivity index (χ0) is 13.7. The van der Waals surface area contributed by atoms with Crippen molar-refractivity contribution in [2.24, 2.45) is 5.73 Å². The smallest absolute Gasteiger partial charge is 0.168 e. The number of rotatable bonds is 4. The predicted molar refractivity (Wildman–Crippen MR) is 82.8 cm³/mol. The molecule has 5 heteroatoms. The van der Waals surface area contributed by atoms with Crippen LogP contribution < -0.4 is 11.1 Å². The Hall–Kier alpha value is -1.59. The number of thiocarbonyl (C=S) groups is 1. The fourth-order valence-corrected chi connectivity index (χ4v) is 2.70. The number of halogens is 1. The van der Waals surface area contributed by atoms with Gasteiger partial charge in [-0.15, -0.1) is 11.8 Å². The van der Waals surface area contributed by atoms with Crippen LogP contribution in [0.15, 0.2) is 53.4 Å². The molecule has 3 N–H and O–H groups in total. The van der Waals surface area contributed by atoms with E-state index in [0.29, 0.717) is 11.3 Å². The van der Waals surface area contributed by atoms with Crippen molar-refractivity contribution in [3.8, 4) is 0 Å². The molecule has 0 atom stereocenters. The summed E-state index contributed by atoms with van der Waals surface area (Å²) in [6.45, 7) is 0. The topological polar surface area (TPSA) is 38.0 Å². The van der Waals surface area contributed by atoms with Gasteiger partial charge in [0.1, 0.15) is 5.82 Å². The van der Waals surface area contributed by atoms with E-state index in [0.717, 1.165) is 10.6 Å². The molecule has 0 saturated heterocycles. The second-order valence-corrected chi connectivity index (χ2v) is 5.32. The van der Waals surface area contributed by atoms with Crippen LogP contribution in [-0.2, 0) is 5.75 Å². The third-order valence-corrected chi connectivity index (χ3v) is 3.71. The van der Waals surface area contributed by atoms with Crippen LogP contribution in [0.3, 0.4) is 0 Å². The maximum Gasteiger partial charge on any atom is 0.168 e. The van der Waals surface area contributed by atoms with Gasteiger partial charge in [-0.1, -0.05) is 30.3 Å². The zero-order valence-electron chi connectivity index (χ0n) is 10.1. The number of benzene rings is 2. The first-order valence-electron chi connectivity index (χ1n) is 5.68. The van der Waals surface area contributed by atoms with E-state index >= 15 is 0 Å². The number of nitrogens with one attached hydrogen (secondary N) is 1. The molecule has 2 rings (SSSR count). The van der Waals surface area contributed by atoms with Gasteiger partial charge in [0.2, 0.25) is 0 Å². The Morgan fingerprint density at radius 3 is 2.58 bits per heavy atom. The monoisotopic (exact) mass is 292 g/mol. The lowest BCUT2D eigenvalue weighted by Gasteiger charge is -2.10. The van der Waals surface area contributed by atoms with Gasteiger partial charge in [0.15, 0.2) is 5.11 Å². The zero-order valence-corrected chi connectivity index (χ0v) is 11.7. The van der Waals surface area contributed by atoms with Crippen LogP contribution in [0.4, 0.5) is 10.1 Å². The highest BCUT2D eigenvalue weighted by Crippen LogP contribution is 2.30. The number of hydrogen-bond donors (Lipinski definition) is 2. The van der Waals surface area contributed by atoms with Crippen LogP contribution >= 0.6 is 24.0 Å². The predicted octanol–water partition coefficient (Wildman–Crippen LogP) is 3.77. The number of anilines is 1. The van der Waals surface area contributed by atoms with E-state index in [9.17, 15) is 4.39 Å². The third kappa shape index (κ3) is 3.94. The Kier molecular flexibility index (Phi) is 4.76. The van der Waals surface area contributed by atoms with Gasteiger partial charge in [-0.25, -0.2) is 4.39 Å². The van der Waals surface area contributed by atoms with Gasteiger partial charge in [-0.2, -0.15) is 0 Å². The summed E-state index contributed by atoms with van der Waals surface area (Å²) in [5, 5.41) is 3.14. The molecule has 0 saturated carbocycles. The van der Waals surface area contributed by atoms with Crippen LogP contribution in [0, 0.1) is 5.82 Å². The molecular weight excluding hydrogens is 279 g/mol. The van der Waals surface area contributed by atoms with Gasteiger partial charge in [0, 0.05) is 10.6 Å². The van der Waals surface area contributed by atoms with Crippen molar-refractivity contribution in [2.45, 2.75) is 10.6 Å². The summed E-state index contributed by atoms with van der Waals surface area (Å²) in [7, 11) is 0. The van der Waals surface area contributed by atoms with Crippen molar-refractivity contribution < 1.29 is 4.39 Å². The number of nitrogens with two attached hydrogens (primary N) is 1. The molecule has 0 amide bonds. The Bertz CT molecular complexity index is 587. The second-order valence-electron chi connectivity index (χ2n) is 3.87. The highest BCUT2D eigenvalue weighted by Gasteiger charge is 2.05. The minimum absolute atomic E-state index is 0.185. The van der Waals surface area contributed by atoms with Crippen LogP contribution in [0.1, 0.15) is 5.56 Å². The van der Waals surface area contributed by atoms with E-state index in [4.69, 9.17) is 18.0 Å². The maximum atomic E-state index is 13.5. The van der Waals surface area contributed by atoms with E-state index in [1.54, 1.807) is 12.1 Å². The van der Waals surface area contributed by atoms with Gasteiger partial charge in [-0.05, 0) is 36.0 Å². The van der Waals surface area contributed by atoms with Gasteiger partial charge >= 0.3 is 0 Å². The Balaban J connectivity index is 2.11. The fourth-order valence-electron chi connectivity index (χ4n) is 1.60. The number of hydrogen-bond acceptors (Lipinski definition) is 2. The molecule has 0 spiro atoms. The standard InChI is InChI=1S/C14H13FN2S2/c15-11-6-2-1-5-10(11)9-19-13-8-4-3-7-12(13)17-14(16)18/h1-8H,9H2,(H3,16,17,18). The SMILES string of the molecule is NC(=S)Nc1ccccc1SCc1ccccc1F. The molecule has 2 nitrogen and oxygen atoms in total. The van der Waals surface area contributed by atoms with Gasteiger partial charge in [0.25, 0.3) is 0 Å². The van der Waals surface area contributed by atoms with Crippen LogP contribution in [-0.4, -0.2) is 5.11 Å². The summed E-state index contributed by atoms with van der Waals surface area (Å²) in [4.78, 5) is 0.985. The summed E-state index contributed by atoms with van der Waals surface area (Å²) < 4.78 is 13.5. The lowest BCUT2D eigenvalue weighted by atomic mass is 10.2. The summed E-state index contributed by atoms with van der Waals surface area (Å²) in [5.41, 5.74) is 7.00. The molecule has 19 heavy (non-hydrogen) atoms. The number of thioether (sulfide) groups is 1. The van der Waals surface area contributed by atoms with E-state index in [-0.39, 0.29) is 10.9 Å². The second kappa shape index (κ2) is 6.54. The highest BCUT2D eigenvalue weighted by molar-refractivity contribution is 7.98. The van der Waals surface area contributed by atoms with E-state index in [1.807, 2.05) is 30.3 Å². The van der Waals surface area contributed by atoms with Crippen molar-refractivity contribution >= 4 is 34.8 Å². The first-order valence-corrected chi connectivity index (χ1v) is 7.08. The molecule has 0 unspecified atom stereocenters. The Morgan fingerprint density at radius 2 is 1.84 bits per heavy atom. The van der Waals surface area contributed by atoms with Gasteiger partial charge in [0.05, 0.1) is 5.69 Å². The van der Waals surface area contributed by atoms with E-state index in [1.165, 1.54) is 17.8 Å². The van der Waals surface area contributed by atoms with Crippen molar-refractivity contribution in [1.82, 2.24) is 0 Å². The Morgan fingerprint density at radius 1 is 1.16 bits per heavy atom. The van der Waals surface area contributed by atoms with Crippen molar-refractivity contribution in [3.05, 3.63) is 59.9 Å². The highest BCUT2D eigenvalue weighted by atomic mass is 32.2. The van der Waals surface area contributed by atoms with Crippen LogP contribution in [0.2, 0.25) is 0 Å². The van der Waals surface area contributed by atoms with Crippen molar-refractivity contribution in [1.29, 1.82) is 0 Å². The maximum absolute atomic E-state index is 13.5. The lowest BCUT2D eigenvalue weighted by Crippen LogP contribution is -2.19. The fraction of sp³-hybridized carbons (Fsp3) is 0.0714. The summed E-state index contributed by atoms with van der Waals surface area (Å²) >= 11 is 6.37. The molecule has 0 aliphatic rings. The van der Waals surface area contributed by atoms with Crippen LogP contribution in [0.25, 0.3) is 0 Å². The average molecular weight is 292 g/mol. The molecule has 0 fully saturated rings. The molecule has 0 aliphatic heterocycles. The van der Waals surface area contributed by atoms with Crippen molar-refractivity contribution in [2.75, 3.05) is 5.32 Å². The van der Waals surface area contributed by atoms with Gasteiger partial charge in [-0.3, -0.25) is 0 Å². The first-order chi connectivity index (χ1) is 9.16. The molecule has 0 bridgehead atoms. The quantitative estimate of drug-likeness (QED) is 0.664. The molecule has 0 radical (unpaired) electrons. The molecule has 98 valence electrons. The minimum Gasteiger partial charge on any atom is -0.376 e. The number of para-hydroxylation sites is 1. The Labute approximate surface area is 121 Å². The normalized spacial score (nSPS) is 10.2. The van der Waals surface area contributed by atoms with E-state index in [2.05, 4.69) is 5.32 Å². The molecule has 0 aromatic heterocycles. The third-order valence-electron chi connectivity index (χ3n) is 2.49. The summed E-state index contributed by atoms with van der Waals surface area (Å²) in [6, 6.07) is 14.4. The minimum atomic E-state index is -0.185. The van der Waals surface area contributed by atoms with Crippen molar-refractivity contribution in [3.63, 3.8) is 0 Å².